The molecular weight excluding hydrogens is 638 g/mol. The molecule has 3 aliphatic heterocycles. The number of hydrogen-bond acceptors (Lipinski definition) is 9. The van der Waals surface area contributed by atoms with Crippen LogP contribution in [-0.2, 0) is 33.3 Å². The molecule has 0 aromatic carbocycles. The lowest BCUT2D eigenvalue weighted by atomic mass is 10.0. The van der Waals surface area contributed by atoms with Crippen LogP contribution in [0.5, 0.6) is 0 Å². The summed E-state index contributed by atoms with van der Waals surface area (Å²) >= 11 is 1.90. The number of ether oxygens (including phenoxy) is 4. The van der Waals surface area contributed by atoms with Gasteiger partial charge in [0.15, 0.2) is 0 Å². The highest BCUT2D eigenvalue weighted by atomic mass is 32.2. The predicted molar refractivity (Wildman–Crippen MR) is 184 cm³/mol. The van der Waals surface area contributed by atoms with Crippen molar-refractivity contribution in [1.29, 1.82) is 0 Å². The maximum Gasteiger partial charge on any atom is 0.315 e. The van der Waals surface area contributed by atoms with Crippen LogP contribution in [0.4, 0.5) is 4.79 Å². The van der Waals surface area contributed by atoms with Crippen LogP contribution in [0.2, 0.25) is 0 Å². The Morgan fingerprint density at radius 2 is 1.52 bits per heavy atom. The summed E-state index contributed by atoms with van der Waals surface area (Å²) in [5, 5.41) is 12.2. The molecule has 3 heterocycles. The van der Waals surface area contributed by atoms with Crippen molar-refractivity contribution in [2.45, 2.75) is 94.6 Å². The van der Waals surface area contributed by atoms with Gasteiger partial charge in [0.25, 0.3) is 0 Å². The molecule has 0 spiro atoms. The minimum Gasteiger partial charge on any atom is -0.379 e. The van der Waals surface area contributed by atoms with Gasteiger partial charge in [-0.05, 0) is 32.1 Å². The monoisotopic (exact) mass is 695 g/mol. The van der Waals surface area contributed by atoms with Crippen molar-refractivity contribution in [2.75, 3.05) is 78.7 Å². The maximum atomic E-state index is 12.6. The Hall–Kier alpha value is -2.57. The molecule has 0 saturated carbocycles. The first-order valence-electron chi connectivity index (χ1n) is 17.6. The molecule has 5 atom stereocenters. The van der Waals surface area contributed by atoms with Gasteiger partial charge in [-0.1, -0.05) is 25.2 Å². The summed E-state index contributed by atoms with van der Waals surface area (Å²) in [4.78, 5) is 50.1. The number of nitrogens with one attached hydrogen (secondary N) is 4. The second-order valence-corrected chi connectivity index (χ2v) is 13.8. The summed E-state index contributed by atoms with van der Waals surface area (Å²) in [5.74, 6) is 7.37. The number of methoxy groups -OCH3 is 1. The Morgan fingerprint density at radius 1 is 0.875 bits per heavy atom. The largest absolute Gasteiger partial charge is 0.379 e. The van der Waals surface area contributed by atoms with E-state index >= 15 is 0 Å². The SMILES string of the molecule is CO[C@H]1C#CCCN(C(=O)CCCC(=O)NCCCOCCOCCOCCCNC(=O)CCCC[C@@H]2SC[C@@H]3NC(=O)N[C@@H]32)C[C@@H]1C. The van der Waals surface area contributed by atoms with Gasteiger partial charge in [0.1, 0.15) is 6.10 Å². The third-order valence-electron chi connectivity index (χ3n) is 8.58. The fraction of sp³-hybridized carbons (Fsp3) is 0.824. The van der Waals surface area contributed by atoms with E-state index in [1.165, 1.54) is 0 Å². The summed E-state index contributed by atoms with van der Waals surface area (Å²) in [5.41, 5.74) is 0. The van der Waals surface area contributed by atoms with E-state index in [4.69, 9.17) is 18.9 Å². The van der Waals surface area contributed by atoms with E-state index in [1.54, 1.807) is 7.11 Å². The van der Waals surface area contributed by atoms with E-state index in [1.807, 2.05) is 23.6 Å². The molecule has 0 bridgehead atoms. The number of thioether (sulfide) groups is 1. The molecule has 3 rings (SSSR count). The van der Waals surface area contributed by atoms with Crippen LogP contribution >= 0.6 is 11.8 Å². The Bertz CT molecular complexity index is 1060. The van der Waals surface area contributed by atoms with Crippen LogP contribution in [0.15, 0.2) is 0 Å². The molecule has 0 aromatic heterocycles. The quantitative estimate of drug-likeness (QED) is 0.0673. The average Bonchev–Trinajstić information content (AvgIpc) is 3.62. The smallest absolute Gasteiger partial charge is 0.315 e. The van der Waals surface area contributed by atoms with Gasteiger partial charge in [-0.3, -0.25) is 14.4 Å². The van der Waals surface area contributed by atoms with E-state index in [-0.39, 0.29) is 47.9 Å². The Kier molecular flexibility index (Phi) is 19.7. The fourth-order valence-electron chi connectivity index (χ4n) is 5.91. The minimum atomic E-state index is -0.160. The molecule has 0 aliphatic carbocycles. The topological polar surface area (TPSA) is 157 Å². The third kappa shape index (κ3) is 15.8. The van der Waals surface area contributed by atoms with Crippen LogP contribution in [0, 0.1) is 17.8 Å². The zero-order valence-electron chi connectivity index (χ0n) is 28.9. The van der Waals surface area contributed by atoms with Crippen LogP contribution in [0.25, 0.3) is 0 Å². The Labute approximate surface area is 290 Å². The van der Waals surface area contributed by atoms with Gasteiger partial charge >= 0.3 is 6.03 Å². The standard InChI is InChI=1S/C34H57N5O8S/c1-26-24-39(17-6-5-10-28(26)44-2)32(42)14-7-13-31(41)36-16-9-19-46-21-23-47-22-20-45-18-8-15-35-30(40)12-4-3-11-29-33-27(25-48-29)37-34(43)38-33/h26-29,33H,3-4,6-9,11-25H2,1-2H3,(H,35,40)(H,36,41)(H2,37,38,43)/t26-,27-,28-,29-,33-/m0/s1. The average molecular weight is 696 g/mol. The van der Waals surface area contributed by atoms with Crippen LogP contribution in [0.3, 0.4) is 0 Å². The number of urea groups is 1. The van der Waals surface area contributed by atoms with Crippen molar-refractivity contribution in [2.24, 2.45) is 5.92 Å². The lowest BCUT2D eigenvalue weighted by Crippen LogP contribution is -2.39. The van der Waals surface area contributed by atoms with Crippen molar-refractivity contribution >= 4 is 35.5 Å². The molecule has 2 fully saturated rings. The van der Waals surface area contributed by atoms with Gasteiger partial charge in [-0.25, -0.2) is 4.79 Å². The molecule has 13 nitrogen and oxygen atoms in total. The third-order valence-corrected chi connectivity index (χ3v) is 10.1. The number of carbonyl (C=O) groups is 4. The van der Waals surface area contributed by atoms with Gasteiger partial charge in [0, 0.05) is 89.1 Å². The molecule has 0 unspecified atom stereocenters. The lowest BCUT2D eigenvalue weighted by Gasteiger charge is -2.29. The van der Waals surface area contributed by atoms with E-state index < -0.39 is 0 Å². The fourth-order valence-corrected chi connectivity index (χ4v) is 7.46. The van der Waals surface area contributed by atoms with Crippen molar-refractivity contribution in [3.63, 3.8) is 0 Å². The molecule has 48 heavy (non-hydrogen) atoms. The minimum absolute atomic E-state index is 0.0527. The van der Waals surface area contributed by atoms with Gasteiger partial charge in [0.05, 0.1) is 38.5 Å². The molecule has 4 N–H and O–H groups in total. The van der Waals surface area contributed by atoms with Crippen molar-refractivity contribution < 1.29 is 38.1 Å². The summed E-state index contributed by atoms with van der Waals surface area (Å²) in [6, 6.07) is 0.411. The second-order valence-electron chi connectivity index (χ2n) is 12.5. The van der Waals surface area contributed by atoms with Crippen LogP contribution < -0.4 is 21.3 Å². The van der Waals surface area contributed by atoms with Crippen LogP contribution in [-0.4, -0.2) is 131 Å². The van der Waals surface area contributed by atoms with E-state index in [0.717, 1.165) is 31.4 Å². The first-order chi connectivity index (χ1) is 23.4. The Balaban J connectivity index is 1.02. The zero-order chi connectivity index (χ0) is 34.4. The molecule has 0 radical (unpaired) electrons. The highest BCUT2D eigenvalue weighted by Crippen LogP contribution is 2.33. The number of carbonyl (C=O) groups excluding carboxylic acids is 4. The van der Waals surface area contributed by atoms with Crippen LogP contribution in [0.1, 0.15) is 71.1 Å². The van der Waals surface area contributed by atoms with Gasteiger partial charge in [0.2, 0.25) is 17.7 Å². The van der Waals surface area contributed by atoms with Gasteiger partial charge in [-0.2, -0.15) is 11.8 Å². The highest BCUT2D eigenvalue weighted by Gasteiger charge is 2.42. The molecular formula is C34H57N5O8S. The van der Waals surface area contributed by atoms with E-state index in [0.29, 0.717) is 110 Å². The number of hydrogen-bond donors (Lipinski definition) is 4. The van der Waals surface area contributed by atoms with Gasteiger partial charge in [-0.15, -0.1) is 0 Å². The normalized spacial score (nSPS) is 23.2. The summed E-state index contributed by atoms with van der Waals surface area (Å²) in [6.07, 6.45) is 6.50. The molecule has 272 valence electrons. The van der Waals surface area contributed by atoms with Gasteiger partial charge < -0.3 is 45.1 Å². The number of nitrogens with zero attached hydrogens (tertiary/aromatic N) is 1. The number of unbranched alkanes of at least 4 members (excludes halogenated alkanes) is 1. The predicted octanol–water partition coefficient (Wildman–Crippen LogP) is 1.83. The molecule has 0 aromatic rings. The molecule has 5 amide bonds. The number of rotatable bonds is 24. The first-order valence-corrected chi connectivity index (χ1v) is 18.7. The van der Waals surface area contributed by atoms with E-state index in [2.05, 4.69) is 33.1 Å². The van der Waals surface area contributed by atoms with Crippen molar-refractivity contribution in [3.05, 3.63) is 0 Å². The molecule has 3 aliphatic rings. The Morgan fingerprint density at radius 3 is 2.19 bits per heavy atom. The molecule has 14 heteroatoms. The first kappa shape index (κ1) is 39.9. The second kappa shape index (κ2) is 23.7. The number of fused-ring (bicyclic) bond motifs is 1. The highest BCUT2D eigenvalue weighted by molar-refractivity contribution is 8.00. The van der Waals surface area contributed by atoms with Crippen molar-refractivity contribution in [1.82, 2.24) is 26.2 Å². The van der Waals surface area contributed by atoms with Crippen molar-refractivity contribution in [3.8, 4) is 11.8 Å². The van der Waals surface area contributed by atoms with E-state index in [9.17, 15) is 19.2 Å². The maximum absolute atomic E-state index is 12.6. The number of amides is 5. The summed E-state index contributed by atoms with van der Waals surface area (Å²) in [7, 11) is 1.64. The lowest BCUT2D eigenvalue weighted by molar-refractivity contribution is -0.132. The molecule has 2 saturated heterocycles. The zero-order valence-corrected chi connectivity index (χ0v) is 29.7. The summed E-state index contributed by atoms with van der Waals surface area (Å²) < 4.78 is 22.1. The summed E-state index contributed by atoms with van der Waals surface area (Å²) in [6.45, 7) is 7.40.